The second kappa shape index (κ2) is 5.69. The average molecular weight is 245 g/mol. The molecule has 0 aliphatic carbocycles. The fourth-order valence-electron chi connectivity index (χ4n) is 2.06. The zero-order chi connectivity index (χ0) is 13.0. The number of rotatable bonds is 5. The molecule has 1 aromatic heterocycles. The number of ether oxygens (including phenoxy) is 1. The van der Waals surface area contributed by atoms with E-state index in [0.29, 0.717) is 0 Å². The number of nitrogens with one attached hydrogen (secondary N) is 1. The number of aromatic nitrogens is 2. The average Bonchev–Trinajstić information content (AvgIpc) is 2.82. The Bertz CT molecular complexity index is 507. The van der Waals surface area contributed by atoms with Crippen molar-refractivity contribution in [3.05, 3.63) is 48.0 Å². The van der Waals surface area contributed by atoms with E-state index in [-0.39, 0.29) is 6.04 Å². The maximum atomic E-state index is 5.28. The van der Waals surface area contributed by atoms with Gasteiger partial charge in [0.15, 0.2) is 0 Å². The van der Waals surface area contributed by atoms with Crippen LogP contribution in [0.2, 0.25) is 0 Å². The molecule has 2 aromatic rings. The van der Waals surface area contributed by atoms with Gasteiger partial charge in [-0.15, -0.1) is 0 Å². The topological polar surface area (TPSA) is 39.1 Å². The van der Waals surface area contributed by atoms with E-state index in [1.807, 2.05) is 36.3 Å². The van der Waals surface area contributed by atoms with Crippen LogP contribution in [0.5, 0.6) is 5.75 Å². The standard InChI is InChI=1S/C14H19N3O/c1-4-16-14(13-9-15-10-17(13)2)11-6-5-7-12(8-11)18-3/h5-10,14,16H,4H2,1-3H3. The van der Waals surface area contributed by atoms with Gasteiger partial charge in [-0.2, -0.15) is 0 Å². The quantitative estimate of drug-likeness (QED) is 0.877. The fourth-order valence-corrected chi connectivity index (χ4v) is 2.06. The van der Waals surface area contributed by atoms with Crippen molar-refractivity contribution in [1.82, 2.24) is 14.9 Å². The number of nitrogens with zero attached hydrogens (tertiary/aromatic N) is 2. The molecule has 0 saturated carbocycles. The van der Waals surface area contributed by atoms with E-state index in [9.17, 15) is 0 Å². The Morgan fingerprint density at radius 3 is 2.89 bits per heavy atom. The molecule has 0 fully saturated rings. The lowest BCUT2D eigenvalue weighted by Crippen LogP contribution is -2.23. The first-order chi connectivity index (χ1) is 8.76. The van der Waals surface area contributed by atoms with E-state index in [1.54, 1.807) is 7.11 Å². The van der Waals surface area contributed by atoms with Crippen LogP contribution < -0.4 is 10.1 Å². The van der Waals surface area contributed by atoms with Gasteiger partial charge in [-0.1, -0.05) is 19.1 Å². The van der Waals surface area contributed by atoms with Gasteiger partial charge in [0.1, 0.15) is 5.75 Å². The molecule has 1 atom stereocenters. The van der Waals surface area contributed by atoms with Crippen molar-refractivity contribution in [2.24, 2.45) is 7.05 Å². The Kier molecular flexibility index (Phi) is 3.99. The third-order valence-corrected chi connectivity index (χ3v) is 2.99. The van der Waals surface area contributed by atoms with Crippen LogP contribution >= 0.6 is 0 Å². The summed E-state index contributed by atoms with van der Waals surface area (Å²) in [6, 6.07) is 8.26. The van der Waals surface area contributed by atoms with Gasteiger partial charge < -0.3 is 14.6 Å². The molecule has 96 valence electrons. The molecule has 0 aliphatic heterocycles. The number of hydrogen-bond acceptors (Lipinski definition) is 3. The Morgan fingerprint density at radius 2 is 2.28 bits per heavy atom. The normalized spacial score (nSPS) is 12.4. The molecule has 0 bridgehead atoms. The fraction of sp³-hybridized carbons (Fsp3) is 0.357. The van der Waals surface area contributed by atoms with Gasteiger partial charge in [0, 0.05) is 7.05 Å². The summed E-state index contributed by atoms with van der Waals surface area (Å²) in [6.45, 7) is 3.00. The van der Waals surface area contributed by atoms with Crippen molar-refractivity contribution < 1.29 is 4.74 Å². The predicted octanol–water partition coefficient (Wildman–Crippen LogP) is 2.13. The van der Waals surface area contributed by atoms with Crippen LogP contribution in [0.4, 0.5) is 0 Å². The van der Waals surface area contributed by atoms with Gasteiger partial charge in [-0.25, -0.2) is 4.98 Å². The second-order valence-electron chi connectivity index (χ2n) is 4.20. The molecule has 0 spiro atoms. The smallest absolute Gasteiger partial charge is 0.119 e. The third-order valence-electron chi connectivity index (χ3n) is 2.99. The first-order valence-corrected chi connectivity index (χ1v) is 6.09. The molecule has 1 N–H and O–H groups in total. The van der Waals surface area contributed by atoms with Gasteiger partial charge >= 0.3 is 0 Å². The van der Waals surface area contributed by atoms with E-state index >= 15 is 0 Å². The van der Waals surface area contributed by atoms with Gasteiger partial charge in [-0.05, 0) is 24.2 Å². The molecule has 1 aromatic carbocycles. The summed E-state index contributed by atoms with van der Waals surface area (Å²) >= 11 is 0. The zero-order valence-electron chi connectivity index (χ0n) is 11.1. The number of imidazole rings is 1. The Morgan fingerprint density at radius 1 is 1.44 bits per heavy atom. The molecule has 4 nitrogen and oxygen atoms in total. The van der Waals surface area contributed by atoms with Crippen molar-refractivity contribution >= 4 is 0 Å². The minimum Gasteiger partial charge on any atom is -0.497 e. The lowest BCUT2D eigenvalue weighted by molar-refractivity contribution is 0.413. The number of aryl methyl sites for hydroxylation is 1. The second-order valence-corrected chi connectivity index (χ2v) is 4.20. The van der Waals surface area contributed by atoms with Crippen LogP contribution in [0.25, 0.3) is 0 Å². The number of hydrogen-bond donors (Lipinski definition) is 1. The number of benzene rings is 1. The molecular weight excluding hydrogens is 226 g/mol. The highest BCUT2D eigenvalue weighted by molar-refractivity contribution is 5.34. The van der Waals surface area contributed by atoms with Crippen LogP contribution in [0, 0.1) is 0 Å². The molecule has 0 saturated heterocycles. The van der Waals surface area contributed by atoms with Gasteiger partial charge in [0.05, 0.1) is 31.4 Å². The van der Waals surface area contributed by atoms with Crippen molar-refractivity contribution in [3.63, 3.8) is 0 Å². The summed E-state index contributed by atoms with van der Waals surface area (Å²) in [4.78, 5) is 4.18. The van der Waals surface area contributed by atoms with Crippen LogP contribution in [0.3, 0.4) is 0 Å². The first kappa shape index (κ1) is 12.6. The molecule has 2 rings (SSSR count). The summed E-state index contributed by atoms with van der Waals surface area (Å²) in [5.74, 6) is 0.873. The van der Waals surface area contributed by atoms with Gasteiger partial charge in [0.2, 0.25) is 0 Å². The van der Waals surface area contributed by atoms with Crippen LogP contribution in [0.15, 0.2) is 36.8 Å². The summed E-state index contributed by atoms with van der Waals surface area (Å²) < 4.78 is 7.32. The van der Waals surface area contributed by atoms with Gasteiger partial charge in [0.25, 0.3) is 0 Å². The lowest BCUT2D eigenvalue weighted by atomic mass is 10.0. The number of methoxy groups -OCH3 is 1. The Hall–Kier alpha value is -1.81. The summed E-state index contributed by atoms with van der Waals surface area (Å²) in [7, 11) is 3.69. The summed E-state index contributed by atoms with van der Waals surface area (Å²) in [6.07, 6.45) is 3.71. The zero-order valence-corrected chi connectivity index (χ0v) is 11.1. The van der Waals surface area contributed by atoms with E-state index in [2.05, 4.69) is 29.4 Å². The highest BCUT2D eigenvalue weighted by Gasteiger charge is 2.16. The monoisotopic (exact) mass is 245 g/mol. The minimum absolute atomic E-state index is 0.137. The Balaban J connectivity index is 2.38. The highest BCUT2D eigenvalue weighted by Crippen LogP contribution is 2.24. The van der Waals surface area contributed by atoms with Crippen molar-refractivity contribution in [1.29, 1.82) is 0 Å². The van der Waals surface area contributed by atoms with Crippen molar-refractivity contribution in [3.8, 4) is 5.75 Å². The summed E-state index contributed by atoms with van der Waals surface area (Å²) in [5.41, 5.74) is 2.32. The van der Waals surface area contributed by atoms with Gasteiger partial charge in [-0.3, -0.25) is 0 Å². The molecule has 0 aliphatic rings. The van der Waals surface area contributed by atoms with E-state index in [1.165, 1.54) is 5.56 Å². The maximum Gasteiger partial charge on any atom is 0.119 e. The molecule has 1 unspecified atom stereocenters. The summed E-state index contributed by atoms with van der Waals surface area (Å²) in [5, 5.41) is 3.48. The van der Waals surface area contributed by atoms with Crippen molar-refractivity contribution in [2.75, 3.05) is 13.7 Å². The first-order valence-electron chi connectivity index (χ1n) is 6.09. The van der Waals surface area contributed by atoms with Crippen LogP contribution in [-0.4, -0.2) is 23.2 Å². The molecule has 0 amide bonds. The predicted molar refractivity (Wildman–Crippen MR) is 71.7 cm³/mol. The SMILES string of the molecule is CCNC(c1cccc(OC)c1)c1cncn1C. The van der Waals surface area contributed by atoms with E-state index < -0.39 is 0 Å². The molecule has 18 heavy (non-hydrogen) atoms. The molecule has 0 radical (unpaired) electrons. The van der Waals surface area contributed by atoms with Crippen molar-refractivity contribution in [2.45, 2.75) is 13.0 Å². The van der Waals surface area contributed by atoms with Crippen LogP contribution in [-0.2, 0) is 7.05 Å². The largest absolute Gasteiger partial charge is 0.497 e. The molecular formula is C14H19N3O. The lowest BCUT2D eigenvalue weighted by Gasteiger charge is -2.19. The molecule has 1 heterocycles. The Labute approximate surface area is 108 Å². The molecule has 4 heteroatoms. The van der Waals surface area contributed by atoms with E-state index in [4.69, 9.17) is 4.74 Å². The van der Waals surface area contributed by atoms with E-state index in [0.717, 1.165) is 18.0 Å². The van der Waals surface area contributed by atoms with Crippen LogP contribution in [0.1, 0.15) is 24.2 Å². The maximum absolute atomic E-state index is 5.28. The third kappa shape index (κ3) is 2.54. The highest BCUT2D eigenvalue weighted by atomic mass is 16.5. The minimum atomic E-state index is 0.137.